The topological polar surface area (TPSA) is 124 Å². The van der Waals surface area contributed by atoms with E-state index in [9.17, 15) is 9.90 Å². The number of carboxylic acids is 1. The normalized spacial score (nSPS) is 15.7. The molecule has 6 N–H and O–H groups in total. The first kappa shape index (κ1) is 23.6. The molecule has 2 heterocycles. The zero-order valence-electron chi connectivity index (χ0n) is 18.1. The van der Waals surface area contributed by atoms with Gasteiger partial charge in [-0.1, -0.05) is 54.2 Å². The van der Waals surface area contributed by atoms with Gasteiger partial charge in [0.05, 0.1) is 5.71 Å². The summed E-state index contributed by atoms with van der Waals surface area (Å²) in [7, 11) is 0. The molecule has 1 aromatic heterocycles. The van der Waals surface area contributed by atoms with E-state index in [0.29, 0.717) is 12.1 Å². The maximum Gasteiger partial charge on any atom is 0.352 e. The fraction of sp³-hybridized carbons (Fsp3) is 0.0800. The molecule has 3 aromatic rings. The lowest BCUT2D eigenvalue weighted by Gasteiger charge is -2.23. The molecule has 1 unspecified atom stereocenters. The number of aromatic nitrogens is 1. The first-order valence-corrected chi connectivity index (χ1v) is 12.2. The average molecular weight is 490 g/mol. The summed E-state index contributed by atoms with van der Waals surface area (Å²) in [6.07, 6.45) is 3.89. The maximum absolute atomic E-state index is 11.4. The molecule has 34 heavy (non-hydrogen) atoms. The smallest absolute Gasteiger partial charge is 0.352 e. The van der Waals surface area contributed by atoms with Crippen LogP contribution >= 0.6 is 23.7 Å². The second-order valence-corrected chi connectivity index (χ2v) is 9.10. The highest BCUT2D eigenvalue weighted by Gasteiger charge is 2.24. The second-order valence-electron chi connectivity index (χ2n) is 7.41. The van der Waals surface area contributed by atoms with Crippen LogP contribution in [-0.4, -0.2) is 27.3 Å². The van der Waals surface area contributed by atoms with E-state index in [2.05, 4.69) is 15.6 Å². The standard InChI is InChI=1S/C25H23N5O2S2/c26-22(17-4-2-1-3-5-17)20(14-16-6-8-19(34-27)9-7-16)23(18-10-12-28-13-11-18)30-25-29-21(15-33-25)24(31)32/h1-13,15,25-26,29-30H,14,27H2,(H,31,32)/b23-20-,26-22?. The number of nitrogens with two attached hydrogens (primary N) is 1. The number of hydrogen-bond donors (Lipinski definition) is 5. The highest BCUT2D eigenvalue weighted by molar-refractivity contribution is 8.03. The van der Waals surface area contributed by atoms with E-state index in [-0.39, 0.29) is 5.70 Å². The van der Waals surface area contributed by atoms with Gasteiger partial charge in [0.15, 0.2) is 0 Å². The molecule has 1 aliphatic heterocycles. The van der Waals surface area contributed by atoms with Crippen LogP contribution in [0.1, 0.15) is 16.7 Å². The third-order valence-corrected chi connectivity index (χ3v) is 6.61. The van der Waals surface area contributed by atoms with Crippen molar-refractivity contribution in [1.29, 1.82) is 5.41 Å². The van der Waals surface area contributed by atoms with Gasteiger partial charge in [-0.15, -0.1) is 0 Å². The quantitative estimate of drug-likeness (QED) is 0.224. The van der Waals surface area contributed by atoms with E-state index in [1.807, 2.05) is 66.7 Å². The van der Waals surface area contributed by atoms with Gasteiger partial charge >= 0.3 is 5.97 Å². The van der Waals surface area contributed by atoms with Crippen molar-refractivity contribution in [2.75, 3.05) is 0 Å². The number of nitrogens with zero attached hydrogens (tertiary/aromatic N) is 1. The number of allylic oxidation sites excluding steroid dienone is 1. The number of nitrogens with one attached hydrogen (secondary N) is 3. The Morgan fingerprint density at radius 1 is 1.09 bits per heavy atom. The molecule has 1 aliphatic rings. The minimum absolute atomic E-state index is 0.131. The molecule has 0 aliphatic carbocycles. The summed E-state index contributed by atoms with van der Waals surface area (Å²) in [6.45, 7) is 0. The van der Waals surface area contributed by atoms with Crippen LogP contribution in [0.4, 0.5) is 0 Å². The molecule has 172 valence electrons. The number of thioether (sulfide) groups is 1. The highest BCUT2D eigenvalue weighted by atomic mass is 32.2. The summed E-state index contributed by atoms with van der Waals surface area (Å²) in [4.78, 5) is 16.5. The number of carbonyl (C=O) groups is 1. The molecule has 0 spiro atoms. The van der Waals surface area contributed by atoms with Gasteiger partial charge in [-0.2, -0.15) is 0 Å². The number of rotatable bonds is 9. The Hall–Kier alpha value is -3.53. The van der Waals surface area contributed by atoms with Crippen LogP contribution in [0.3, 0.4) is 0 Å². The van der Waals surface area contributed by atoms with Gasteiger partial charge in [-0.25, -0.2) is 4.79 Å². The van der Waals surface area contributed by atoms with Crippen LogP contribution in [0.5, 0.6) is 0 Å². The molecule has 7 nitrogen and oxygen atoms in total. The molecule has 0 saturated heterocycles. The second kappa shape index (κ2) is 11.1. The van der Waals surface area contributed by atoms with Crippen molar-refractivity contribution in [2.24, 2.45) is 5.14 Å². The summed E-state index contributed by atoms with van der Waals surface area (Å²) in [5, 5.41) is 32.1. The number of carboxylic acid groups (broad SMARTS) is 1. The van der Waals surface area contributed by atoms with Crippen molar-refractivity contribution in [3.8, 4) is 0 Å². The van der Waals surface area contributed by atoms with Gasteiger partial charge in [-0.05, 0) is 47.3 Å². The number of aliphatic carboxylic acids is 1. The highest BCUT2D eigenvalue weighted by Crippen LogP contribution is 2.28. The van der Waals surface area contributed by atoms with Gasteiger partial charge in [0.25, 0.3) is 0 Å². The van der Waals surface area contributed by atoms with E-state index in [1.54, 1.807) is 17.8 Å². The van der Waals surface area contributed by atoms with E-state index in [1.165, 1.54) is 23.7 Å². The molecule has 0 bridgehead atoms. The largest absolute Gasteiger partial charge is 0.477 e. The van der Waals surface area contributed by atoms with Gasteiger partial charge in [-0.3, -0.25) is 15.5 Å². The molecular formula is C25H23N5O2S2. The van der Waals surface area contributed by atoms with Crippen molar-refractivity contribution in [2.45, 2.75) is 16.8 Å². The lowest BCUT2D eigenvalue weighted by molar-refractivity contribution is -0.133. The maximum atomic E-state index is 11.4. The summed E-state index contributed by atoms with van der Waals surface area (Å²) in [5.74, 6) is -1.01. The molecular weight excluding hydrogens is 466 g/mol. The summed E-state index contributed by atoms with van der Waals surface area (Å²) >= 11 is 2.52. The molecule has 4 rings (SSSR count). The average Bonchev–Trinajstić information content (AvgIpc) is 3.36. The molecule has 0 saturated carbocycles. The molecule has 0 amide bonds. The zero-order valence-corrected chi connectivity index (χ0v) is 19.7. The fourth-order valence-corrected chi connectivity index (χ4v) is 4.61. The molecule has 0 fully saturated rings. The summed E-state index contributed by atoms with van der Waals surface area (Å²) in [6, 6.07) is 21.2. The predicted molar refractivity (Wildman–Crippen MR) is 138 cm³/mol. The third-order valence-electron chi connectivity index (χ3n) is 5.19. The fourth-order valence-electron chi connectivity index (χ4n) is 3.49. The molecule has 0 radical (unpaired) electrons. The van der Waals surface area contributed by atoms with Gasteiger partial charge in [0.2, 0.25) is 0 Å². The third kappa shape index (κ3) is 5.69. The van der Waals surface area contributed by atoms with Crippen molar-refractivity contribution < 1.29 is 9.90 Å². The van der Waals surface area contributed by atoms with E-state index in [0.717, 1.165) is 32.9 Å². The Labute approximate surface area is 206 Å². The first-order valence-electron chi connectivity index (χ1n) is 10.4. The Morgan fingerprint density at radius 2 is 1.79 bits per heavy atom. The number of benzene rings is 2. The summed E-state index contributed by atoms with van der Waals surface area (Å²) < 4.78 is 0. The van der Waals surface area contributed by atoms with Crippen LogP contribution < -0.4 is 15.8 Å². The van der Waals surface area contributed by atoms with Crippen LogP contribution in [0.25, 0.3) is 5.70 Å². The monoisotopic (exact) mass is 489 g/mol. The van der Waals surface area contributed by atoms with Crippen molar-refractivity contribution in [1.82, 2.24) is 15.6 Å². The van der Waals surface area contributed by atoms with Gasteiger partial charge in [0.1, 0.15) is 11.2 Å². The van der Waals surface area contributed by atoms with Crippen LogP contribution in [0, 0.1) is 5.41 Å². The minimum Gasteiger partial charge on any atom is -0.477 e. The Kier molecular flexibility index (Phi) is 7.69. The lowest BCUT2D eigenvalue weighted by Crippen LogP contribution is -2.37. The molecule has 2 aromatic carbocycles. The van der Waals surface area contributed by atoms with Crippen LogP contribution in [0.2, 0.25) is 0 Å². The molecule has 1 atom stereocenters. The number of pyridine rings is 1. The van der Waals surface area contributed by atoms with Crippen molar-refractivity contribution in [3.63, 3.8) is 0 Å². The zero-order chi connectivity index (χ0) is 23.9. The molecule has 9 heteroatoms. The van der Waals surface area contributed by atoms with Gasteiger partial charge < -0.3 is 15.7 Å². The Balaban J connectivity index is 1.78. The SMILES string of the molecule is N=C(/C(Cc1ccc(SN)cc1)=C(\NC1NC(C(=O)O)=CS1)c1ccncc1)c1ccccc1. The van der Waals surface area contributed by atoms with Crippen molar-refractivity contribution >= 4 is 41.1 Å². The number of hydrogen-bond acceptors (Lipinski definition) is 8. The van der Waals surface area contributed by atoms with Crippen molar-refractivity contribution in [3.05, 3.63) is 112 Å². The van der Waals surface area contributed by atoms with Gasteiger partial charge in [0, 0.05) is 46.0 Å². The van der Waals surface area contributed by atoms with E-state index < -0.39 is 11.5 Å². The van der Waals surface area contributed by atoms with E-state index in [4.69, 9.17) is 10.5 Å². The Morgan fingerprint density at radius 3 is 2.41 bits per heavy atom. The first-order chi connectivity index (χ1) is 16.5. The summed E-state index contributed by atoms with van der Waals surface area (Å²) in [5.41, 5.74) is 4.29. The van der Waals surface area contributed by atoms with Crippen LogP contribution in [0.15, 0.2) is 101 Å². The minimum atomic E-state index is -1.01. The lowest BCUT2D eigenvalue weighted by atomic mass is 9.92. The predicted octanol–water partition coefficient (Wildman–Crippen LogP) is 4.20. The van der Waals surface area contributed by atoms with E-state index >= 15 is 0 Å². The Bertz CT molecular complexity index is 1230. The van der Waals surface area contributed by atoms with Crippen LogP contribution in [-0.2, 0) is 11.2 Å².